The number of aliphatic hydroxyl groups is 16. The third-order valence-electron chi connectivity index (χ3n) is 11.6. The van der Waals surface area contributed by atoms with Crippen molar-refractivity contribution in [3.8, 4) is 5.75 Å². The summed E-state index contributed by atoms with van der Waals surface area (Å²) in [7, 11) is 0. The first-order valence-corrected chi connectivity index (χ1v) is 20.2. The Morgan fingerprint density at radius 3 is 0.985 bits per heavy atom. The van der Waals surface area contributed by atoms with E-state index in [-0.39, 0.29) is 11.4 Å². The van der Waals surface area contributed by atoms with Crippen molar-refractivity contribution in [3.63, 3.8) is 0 Å². The minimum atomic E-state index is -2.15. The second-order valence-electron chi connectivity index (χ2n) is 15.8. The highest BCUT2D eigenvalue weighted by atomic mass is 16.8. The third-order valence-corrected chi connectivity index (χ3v) is 11.6. The number of nitrogens with zero attached hydrogens (tertiary/aromatic N) is 1. The van der Waals surface area contributed by atoms with Crippen molar-refractivity contribution in [3.05, 3.63) is 34.4 Å². The molecule has 0 radical (unpaired) electrons. The summed E-state index contributed by atoms with van der Waals surface area (Å²) in [5.74, 6) is -0.0196. The minimum Gasteiger partial charge on any atom is -0.462 e. The van der Waals surface area contributed by atoms with Crippen LogP contribution in [0.2, 0.25) is 0 Å². The molecule has 0 aliphatic carbocycles. The molecule has 5 aliphatic rings. The van der Waals surface area contributed by atoms with Gasteiger partial charge in [0.2, 0.25) is 6.29 Å². The quantitative estimate of drug-likeness (QED) is 0.0540. The Bertz CT molecular complexity index is 1640. The van der Waals surface area contributed by atoms with E-state index in [9.17, 15) is 91.8 Å². The SMILES string of the molecule is O=[N+]([O-])c1ccc(O[C@@H]2O[C@H](CO)[C@@H](O[C@@H]3O[C@H](CO)[C@@H](O[C@@H]4O[C@H](CO)C(O[C@@H]5O[C@H](CO)[C@@H](O[C@@H]6O[C@H](CO)[C@@H](O)[C@H](O)[C@H]6O)[C@H](O)[C@H]5O)[C@H](O)[C@H]4O)[C@H](O)[C@H]3O)[C@H](O)[C@H]2O)cc1. The van der Waals surface area contributed by atoms with Gasteiger partial charge in [0.25, 0.3) is 5.69 Å². The van der Waals surface area contributed by atoms with E-state index in [4.69, 9.17) is 47.4 Å². The number of nitro groups is 1. The number of aliphatic hydroxyl groups excluding tert-OH is 16. The fourth-order valence-corrected chi connectivity index (χ4v) is 7.90. The van der Waals surface area contributed by atoms with Crippen LogP contribution in [0.25, 0.3) is 0 Å². The number of hydrogen-bond donors (Lipinski definition) is 16. The zero-order chi connectivity index (χ0) is 47.6. The highest BCUT2D eigenvalue weighted by Crippen LogP contribution is 2.36. The van der Waals surface area contributed by atoms with E-state index in [1.54, 1.807) is 0 Å². The highest BCUT2D eigenvalue weighted by Gasteiger charge is 2.56. The maximum Gasteiger partial charge on any atom is 0.269 e. The Hall–Kier alpha value is -2.58. The summed E-state index contributed by atoms with van der Waals surface area (Å²) < 4.78 is 55.6. The van der Waals surface area contributed by atoms with Crippen LogP contribution < -0.4 is 4.74 Å². The topological polar surface area (TPSA) is 459 Å². The van der Waals surface area contributed by atoms with E-state index in [1.165, 1.54) is 12.1 Å². The summed E-state index contributed by atoms with van der Waals surface area (Å²) in [5.41, 5.74) is -0.267. The lowest BCUT2D eigenvalue weighted by atomic mass is 9.95. The number of nitro benzene ring substituents is 1. The largest absolute Gasteiger partial charge is 0.462 e. The highest BCUT2D eigenvalue weighted by molar-refractivity contribution is 5.36. The molecule has 5 heterocycles. The maximum atomic E-state index is 11.2. The standard InChI is InChI=1S/C36H55NO28/c38-5-12-17(43)18(44)23(49)33(57-12)62-29-14(7-40)59-35(25(51)20(29)46)64-31-16(9-42)61-36(27(53)22(31)48)65-30-15(8-41)60-34(26(52)21(30)47)63-28-13(6-39)58-32(24(50)19(28)45)56-11-3-1-10(2-4-11)37(54)55/h1-4,12-36,38-53H,5-9H2/t12-,13-,14-,15-,16-,17-,18+,19-,20-,21-,22-,23-,24-,25-,26-,27-,28-,29-,30-,31?,32-,33+,34+,35+,36+/m1/s1. The third kappa shape index (κ3) is 10.8. The van der Waals surface area contributed by atoms with Crippen LogP contribution in [0.5, 0.6) is 5.75 Å². The zero-order valence-electron chi connectivity index (χ0n) is 33.8. The molecule has 1 unspecified atom stereocenters. The Labute approximate surface area is 366 Å². The van der Waals surface area contributed by atoms with Gasteiger partial charge >= 0.3 is 0 Å². The van der Waals surface area contributed by atoms with Crippen molar-refractivity contribution in [2.75, 3.05) is 33.0 Å². The molecule has 1 aromatic carbocycles. The molecule has 5 fully saturated rings. The van der Waals surface area contributed by atoms with Crippen molar-refractivity contribution in [1.29, 1.82) is 0 Å². The van der Waals surface area contributed by atoms with Crippen LogP contribution in [0, 0.1) is 10.1 Å². The molecule has 5 saturated heterocycles. The van der Waals surface area contributed by atoms with Gasteiger partial charge in [0.1, 0.15) is 128 Å². The molecule has 0 saturated carbocycles. The lowest BCUT2D eigenvalue weighted by Gasteiger charge is -2.49. The van der Waals surface area contributed by atoms with Gasteiger partial charge in [-0.1, -0.05) is 0 Å². The van der Waals surface area contributed by atoms with Crippen LogP contribution in [0.1, 0.15) is 0 Å². The molecular weight excluding hydrogens is 894 g/mol. The zero-order valence-corrected chi connectivity index (χ0v) is 33.8. The lowest BCUT2D eigenvalue weighted by molar-refractivity contribution is -0.392. The van der Waals surface area contributed by atoms with Gasteiger partial charge in [-0.05, 0) is 12.1 Å². The molecule has 25 atom stereocenters. The summed E-state index contributed by atoms with van der Waals surface area (Å²) in [4.78, 5) is 10.3. The van der Waals surface area contributed by atoms with Crippen molar-refractivity contribution < 1.29 is 134 Å². The number of hydrogen-bond acceptors (Lipinski definition) is 28. The van der Waals surface area contributed by atoms with Crippen LogP contribution in [0.4, 0.5) is 5.69 Å². The Balaban J connectivity index is 1.07. The summed E-state index contributed by atoms with van der Waals surface area (Å²) in [6, 6.07) is 4.59. The van der Waals surface area contributed by atoms with Gasteiger partial charge < -0.3 is 129 Å². The van der Waals surface area contributed by atoms with E-state index >= 15 is 0 Å². The molecule has 16 N–H and O–H groups in total. The monoisotopic (exact) mass is 949 g/mol. The molecule has 5 aliphatic heterocycles. The van der Waals surface area contributed by atoms with Gasteiger partial charge in [0, 0.05) is 12.1 Å². The van der Waals surface area contributed by atoms with Crippen molar-refractivity contribution in [1.82, 2.24) is 0 Å². The van der Waals surface area contributed by atoms with Gasteiger partial charge in [0.15, 0.2) is 25.2 Å². The van der Waals surface area contributed by atoms with Crippen molar-refractivity contribution >= 4 is 5.69 Å². The molecule has 0 bridgehead atoms. The van der Waals surface area contributed by atoms with E-state index < -0.39 is 191 Å². The Kier molecular flexibility index (Phi) is 17.7. The van der Waals surface area contributed by atoms with Gasteiger partial charge in [0.05, 0.1) is 38.0 Å². The van der Waals surface area contributed by atoms with E-state index in [0.717, 1.165) is 12.1 Å². The molecule has 0 aromatic heterocycles. The van der Waals surface area contributed by atoms with Crippen LogP contribution in [0.15, 0.2) is 24.3 Å². The van der Waals surface area contributed by atoms with Gasteiger partial charge in [-0.15, -0.1) is 0 Å². The van der Waals surface area contributed by atoms with Gasteiger partial charge in [-0.25, -0.2) is 0 Å². The van der Waals surface area contributed by atoms with E-state index in [2.05, 4.69) is 0 Å². The molecule has 1 aromatic rings. The summed E-state index contributed by atoms with van der Waals surface area (Å²) in [5, 5.41) is 180. The maximum absolute atomic E-state index is 11.2. The summed E-state index contributed by atoms with van der Waals surface area (Å²) >= 11 is 0. The van der Waals surface area contributed by atoms with Crippen molar-refractivity contribution in [2.45, 2.75) is 154 Å². The Morgan fingerprint density at radius 1 is 0.400 bits per heavy atom. The second kappa shape index (κ2) is 22.2. The fourth-order valence-electron chi connectivity index (χ4n) is 7.90. The first-order valence-electron chi connectivity index (χ1n) is 20.2. The number of benzene rings is 1. The first-order chi connectivity index (χ1) is 30.9. The van der Waals surface area contributed by atoms with E-state index in [1.807, 2.05) is 0 Å². The van der Waals surface area contributed by atoms with Crippen molar-refractivity contribution in [2.24, 2.45) is 0 Å². The molecular formula is C36H55NO28. The number of ether oxygens (including phenoxy) is 10. The average Bonchev–Trinajstić information content (AvgIpc) is 3.30. The van der Waals surface area contributed by atoms with Gasteiger partial charge in [-0.2, -0.15) is 0 Å². The normalized spacial score (nSPS) is 47.3. The van der Waals surface area contributed by atoms with Crippen LogP contribution in [-0.4, -0.2) is 273 Å². The Morgan fingerprint density at radius 2 is 0.677 bits per heavy atom. The van der Waals surface area contributed by atoms with E-state index in [0.29, 0.717) is 0 Å². The molecule has 0 spiro atoms. The van der Waals surface area contributed by atoms with Crippen LogP contribution in [0.3, 0.4) is 0 Å². The predicted molar refractivity (Wildman–Crippen MR) is 198 cm³/mol. The van der Waals surface area contributed by atoms with Crippen LogP contribution in [-0.2, 0) is 42.6 Å². The molecule has 0 amide bonds. The summed E-state index contributed by atoms with van der Waals surface area (Å²) in [6.07, 6.45) is -46.2. The molecule has 65 heavy (non-hydrogen) atoms. The minimum absolute atomic E-state index is 0.0196. The molecule has 6 rings (SSSR count). The lowest BCUT2D eigenvalue weighted by Crippen LogP contribution is -2.68. The first kappa shape index (κ1) is 51.8. The number of non-ortho nitro benzene ring substituents is 1. The summed E-state index contributed by atoms with van der Waals surface area (Å²) in [6.45, 7) is -4.63. The molecule has 29 nitrogen and oxygen atoms in total. The molecule has 372 valence electrons. The predicted octanol–water partition coefficient (Wildman–Crippen LogP) is -9.93. The average molecular weight is 950 g/mol. The smallest absolute Gasteiger partial charge is 0.269 e. The van der Waals surface area contributed by atoms with Gasteiger partial charge in [-0.3, -0.25) is 10.1 Å². The number of rotatable bonds is 16. The second-order valence-corrected chi connectivity index (χ2v) is 15.8. The fraction of sp³-hybridized carbons (Fsp3) is 0.833. The molecule has 29 heteroatoms. The van der Waals surface area contributed by atoms with Crippen LogP contribution >= 0.6 is 0 Å².